The maximum Gasteiger partial charge on any atom is 0.0280 e. The SMILES string of the molecule is C#Cc1ccccc1C12CC3CC(CC(C3)C1)C2. The molecule has 1 aromatic rings. The smallest absolute Gasteiger partial charge is 0.0280 e. The van der Waals surface area contributed by atoms with Crippen LogP contribution >= 0.6 is 0 Å². The van der Waals surface area contributed by atoms with Gasteiger partial charge in [0.15, 0.2) is 0 Å². The molecular formula is C18H20. The van der Waals surface area contributed by atoms with E-state index in [9.17, 15) is 0 Å². The summed E-state index contributed by atoms with van der Waals surface area (Å²) in [6.45, 7) is 0. The van der Waals surface area contributed by atoms with Crippen LogP contribution in [0.5, 0.6) is 0 Å². The van der Waals surface area contributed by atoms with Crippen LogP contribution in [0, 0.1) is 30.1 Å². The molecular weight excluding hydrogens is 216 g/mol. The zero-order chi connectivity index (χ0) is 12.2. The third-order valence-corrected chi connectivity index (χ3v) is 5.69. The Morgan fingerprint density at radius 2 is 1.50 bits per heavy atom. The summed E-state index contributed by atoms with van der Waals surface area (Å²) in [6, 6.07) is 8.70. The molecule has 0 saturated heterocycles. The minimum Gasteiger partial charge on any atom is -0.115 e. The molecule has 4 saturated carbocycles. The first-order chi connectivity index (χ1) is 8.79. The average Bonchev–Trinajstić information content (AvgIpc) is 2.37. The van der Waals surface area contributed by atoms with Crippen LogP contribution in [-0.2, 0) is 5.41 Å². The van der Waals surface area contributed by atoms with Crippen molar-refractivity contribution in [1.29, 1.82) is 0 Å². The van der Waals surface area contributed by atoms with Gasteiger partial charge in [0.2, 0.25) is 0 Å². The Kier molecular flexibility index (Phi) is 2.16. The molecule has 4 aliphatic rings. The lowest BCUT2D eigenvalue weighted by Crippen LogP contribution is -2.48. The van der Waals surface area contributed by atoms with Crippen molar-refractivity contribution in [3.63, 3.8) is 0 Å². The summed E-state index contributed by atoms with van der Waals surface area (Å²) in [6.07, 6.45) is 14.4. The molecule has 0 radical (unpaired) electrons. The first kappa shape index (κ1) is 10.7. The second kappa shape index (κ2) is 3.64. The van der Waals surface area contributed by atoms with E-state index in [-0.39, 0.29) is 0 Å². The minimum absolute atomic E-state index is 0.442. The van der Waals surface area contributed by atoms with E-state index in [1.807, 2.05) is 0 Å². The molecule has 0 aliphatic heterocycles. The molecule has 18 heavy (non-hydrogen) atoms. The number of hydrogen-bond donors (Lipinski definition) is 0. The van der Waals surface area contributed by atoms with E-state index < -0.39 is 0 Å². The molecule has 0 atom stereocenters. The molecule has 4 fully saturated rings. The fraction of sp³-hybridized carbons (Fsp3) is 0.556. The zero-order valence-electron chi connectivity index (χ0n) is 10.9. The Hall–Kier alpha value is -1.22. The van der Waals surface area contributed by atoms with Gasteiger partial charge in [-0.3, -0.25) is 0 Å². The van der Waals surface area contributed by atoms with Crippen LogP contribution in [-0.4, -0.2) is 0 Å². The van der Waals surface area contributed by atoms with Gasteiger partial charge in [-0.15, -0.1) is 6.42 Å². The van der Waals surface area contributed by atoms with Crippen LogP contribution in [0.4, 0.5) is 0 Å². The van der Waals surface area contributed by atoms with Crippen molar-refractivity contribution in [3.05, 3.63) is 35.4 Å². The van der Waals surface area contributed by atoms with E-state index in [1.165, 1.54) is 44.1 Å². The predicted octanol–water partition coefficient (Wildman–Crippen LogP) is 4.14. The second-order valence-corrected chi connectivity index (χ2v) is 6.89. The molecule has 0 amide bonds. The van der Waals surface area contributed by atoms with E-state index in [2.05, 4.69) is 30.2 Å². The molecule has 1 aromatic carbocycles. The highest BCUT2D eigenvalue weighted by molar-refractivity contribution is 5.45. The Balaban J connectivity index is 1.82. The van der Waals surface area contributed by atoms with E-state index in [4.69, 9.17) is 6.42 Å². The number of hydrogen-bond acceptors (Lipinski definition) is 0. The summed E-state index contributed by atoms with van der Waals surface area (Å²) in [5, 5.41) is 0. The van der Waals surface area contributed by atoms with Crippen molar-refractivity contribution in [3.8, 4) is 12.3 Å². The Bertz CT molecular complexity index is 482. The molecule has 4 bridgehead atoms. The minimum atomic E-state index is 0.442. The second-order valence-electron chi connectivity index (χ2n) is 6.89. The maximum absolute atomic E-state index is 5.72. The molecule has 0 nitrogen and oxygen atoms in total. The van der Waals surface area contributed by atoms with Gasteiger partial charge in [0.05, 0.1) is 0 Å². The highest BCUT2D eigenvalue weighted by atomic mass is 14.6. The topological polar surface area (TPSA) is 0 Å². The van der Waals surface area contributed by atoms with Crippen LogP contribution in [0.15, 0.2) is 24.3 Å². The van der Waals surface area contributed by atoms with Crippen molar-refractivity contribution >= 4 is 0 Å². The monoisotopic (exact) mass is 236 g/mol. The summed E-state index contributed by atoms with van der Waals surface area (Å²) < 4.78 is 0. The van der Waals surface area contributed by atoms with Crippen LogP contribution in [0.3, 0.4) is 0 Å². The van der Waals surface area contributed by atoms with Crippen LogP contribution < -0.4 is 0 Å². The molecule has 0 spiro atoms. The normalized spacial score (nSPS) is 40.7. The summed E-state index contributed by atoms with van der Waals surface area (Å²) in [5.41, 5.74) is 3.09. The Morgan fingerprint density at radius 3 is 2.06 bits per heavy atom. The first-order valence-electron chi connectivity index (χ1n) is 7.35. The van der Waals surface area contributed by atoms with Crippen molar-refractivity contribution in [2.24, 2.45) is 17.8 Å². The van der Waals surface area contributed by atoms with E-state index in [0.717, 1.165) is 23.3 Å². The summed E-state index contributed by atoms with van der Waals surface area (Å²) >= 11 is 0. The third-order valence-electron chi connectivity index (χ3n) is 5.69. The lowest BCUT2D eigenvalue weighted by Gasteiger charge is -2.57. The molecule has 0 aromatic heterocycles. The largest absolute Gasteiger partial charge is 0.115 e. The molecule has 5 rings (SSSR count). The Morgan fingerprint density at radius 1 is 0.944 bits per heavy atom. The maximum atomic E-state index is 5.72. The zero-order valence-corrected chi connectivity index (χ0v) is 10.9. The first-order valence-corrected chi connectivity index (χ1v) is 7.35. The highest BCUT2D eigenvalue weighted by Crippen LogP contribution is 2.61. The quantitative estimate of drug-likeness (QED) is 0.643. The summed E-state index contributed by atoms with van der Waals surface area (Å²) in [5.74, 6) is 5.88. The van der Waals surface area contributed by atoms with Crippen molar-refractivity contribution in [1.82, 2.24) is 0 Å². The molecule has 4 aliphatic carbocycles. The van der Waals surface area contributed by atoms with Gasteiger partial charge < -0.3 is 0 Å². The van der Waals surface area contributed by atoms with Crippen LogP contribution in [0.1, 0.15) is 49.7 Å². The van der Waals surface area contributed by atoms with Gasteiger partial charge in [0.25, 0.3) is 0 Å². The lowest BCUT2D eigenvalue weighted by atomic mass is 9.47. The van der Waals surface area contributed by atoms with Crippen LogP contribution in [0.2, 0.25) is 0 Å². The number of terminal acetylenes is 1. The fourth-order valence-corrected chi connectivity index (χ4v) is 5.51. The van der Waals surface area contributed by atoms with Gasteiger partial charge in [-0.2, -0.15) is 0 Å². The van der Waals surface area contributed by atoms with E-state index >= 15 is 0 Å². The van der Waals surface area contributed by atoms with Gasteiger partial charge in [-0.25, -0.2) is 0 Å². The fourth-order valence-electron chi connectivity index (χ4n) is 5.51. The number of rotatable bonds is 1. The van der Waals surface area contributed by atoms with Crippen molar-refractivity contribution in [2.45, 2.75) is 43.9 Å². The highest BCUT2D eigenvalue weighted by Gasteiger charge is 2.51. The van der Waals surface area contributed by atoms with Crippen molar-refractivity contribution in [2.75, 3.05) is 0 Å². The third kappa shape index (κ3) is 1.40. The molecule has 0 unspecified atom stereocenters. The van der Waals surface area contributed by atoms with Gasteiger partial charge in [-0.05, 0) is 73.3 Å². The Labute approximate surface area is 110 Å². The van der Waals surface area contributed by atoms with Crippen molar-refractivity contribution < 1.29 is 0 Å². The van der Waals surface area contributed by atoms with Crippen LogP contribution in [0.25, 0.3) is 0 Å². The summed E-state index contributed by atoms with van der Waals surface area (Å²) in [7, 11) is 0. The molecule has 0 heterocycles. The molecule has 0 N–H and O–H groups in total. The van der Waals surface area contributed by atoms with E-state index in [0.29, 0.717) is 5.41 Å². The number of benzene rings is 1. The van der Waals surface area contributed by atoms with Gasteiger partial charge in [-0.1, -0.05) is 24.1 Å². The summed E-state index contributed by atoms with van der Waals surface area (Å²) in [4.78, 5) is 0. The molecule has 92 valence electrons. The standard InChI is InChI=1S/C18H20/c1-2-16-5-3-4-6-17(16)18-10-13-7-14(11-18)9-15(8-13)12-18/h1,3-6,13-15H,7-12H2. The van der Waals surface area contributed by atoms with Gasteiger partial charge in [0, 0.05) is 5.56 Å². The van der Waals surface area contributed by atoms with Gasteiger partial charge in [0.1, 0.15) is 0 Å². The van der Waals surface area contributed by atoms with Gasteiger partial charge >= 0.3 is 0 Å². The average molecular weight is 236 g/mol. The lowest BCUT2D eigenvalue weighted by molar-refractivity contribution is -0.00529. The van der Waals surface area contributed by atoms with E-state index in [1.54, 1.807) is 0 Å². The molecule has 0 heteroatoms. The predicted molar refractivity (Wildman–Crippen MR) is 74.2 cm³/mol.